The van der Waals surface area contributed by atoms with Crippen molar-refractivity contribution >= 4 is 5.97 Å². The van der Waals surface area contributed by atoms with Crippen LogP contribution in [0.15, 0.2) is 29.0 Å². The minimum atomic E-state index is -0.821. The maximum Gasteiger partial charge on any atom is 0.307 e. The van der Waals surface area contributed by atoms with Gasteiger partial charge in [-0.05, 0) is 17.5 Å². The van der Waals surface area contributed by atoms with Crippen LogP contribution in [0.3, 0.4) is 0 Å². The van der Waals surface area contributed by atoms with Gasteiger partial charge >= 0.3 is 5.97 Å². The van der Waals surface area contributed by atoms with Crippen LogP contribution in [0.25, 0.3) is 11.4 Å². The van der Waals surface area contributed by atoms with Gasteiger partial charge in [0.25, 0.3) is 0 Å². The van der Waals surface area contributed by atoms with Crippen LogP contribution in [-0.2, 0) is 4.79 Å². The molecule has 1 saturated carbocycles. The number of hydrogen-bond acceptors (Lipinski definition) is 5. The van der Waals surface area contributed by atoms with Crippen LogP contribution in [0, 0.1) is 11.3 Å². The summed E-state index contributed by atoms with van der Waals surface area (Å²) in [6, 6.07) is 3.56. The first-order valence-corrected chi connectivity index (χ1v) is 5.98. The minimum Gasteiger partial charge on any atom is -0.481 e. The Hall–Kier alpha value is -2.24. The predicted octanol–water partition coefficient (Wildman–Crippen LogP) is 1.96. The summed E-state index contributed by atoms with van der Waals surface area (Å²) in [5.41, 5.74) is 0.462. The van der Waals surface area contributed by atoms with Crippen molar-refractivity contribution < 1.29 is 14.4 Å². The second-order valence-electron chi connectivity index (χ2n) is 5.31. The summed E-state index contributed by atoms with van der Waals surface area (Å²) in [7, 11) is 0. The zero-order valence-corrected chi connectivity index (χ0v) is 10.6. The van der Waals surface area contributed by atoms with Gasteiger partial charge in [0.1, 0.15) is 0 Å². The molecule has 0 unspecified atom stereocenters. The van der Waals surface area contributed by atoms with E-state index in [1.807, 2.05) is 13.8 Å². The van der Waals surface area contributed by atoms with Crippen LogP contribution in [0.5, 0.6) is 0 Å². The molecule has 0 aromatic carbocycles. The van der Waals surface area contributed by atoms with E-state index in [9.17, 15) is 4.79 Å². The molecule has 1 aliphatic carbocycles. The molecule has 1 aliphatic rings. The number of carbonyl (C=O) groups is 1. The van der Waals surface area contributed by atoms with Gasteiger partial charge in [0.2, 0.25) is 11.7 Å². The lowest BCUT2D eigenvalue weighted by molar-refractivity contribution is -0.139. The number of carboxylic acids is 1. The summed E-state index contributed by atoms with van der Waals surface area (Å²) in [4.78, 5) is 19.4. The van der Waals surface area contributed by atoms with E-state index in [1.165, 1.54) is 0 Å². The van der Waals surface area contributed by atoms with Gasteiger partial charge in [-0.1, -0.05) is 19.0 Å². The molecule has 0 aliphatic heterocycles. The Bertz CT molecular complexity index is 621. The zero-order chi connectivity index (χ0) is 13.6. The molecular formula is C13H13N3O3. The van der Waals surface area contributed by atoms with Crippen molar-refractivity contribution in [3.63, 3.8) is 0 Å². The molecule has 98 valence electrons. The van der Waals surface area contributed by atoms with Gasteiger partial charge in [0.15, 0.2) is 0 Å². The topological polar surface area (TPSA) is 89.1 Å². The molecule has 6 heteroatoms. The Balaban J connectivity index is 1.90. The summed E-state index contributed by atoms with van der Waals surface area (Å²) in [6.45, 7) is 3.79. The van der Waals surface area contributed by atoms with Crippen LogP contribution in [0.2, 0.25) is 0 Å². The van der Waals surface area contributed by atoms with Gasteiger partial charge in [-0.15, -0.1) is 0 Å². The molecule has 1 N–H and O–H groups in total. The van der Waals surface area contributed by atoms with E-state index < -0.39 is 11.9 Å². The monoisotopic (exact) mass is 259 g/mol. The quantitative estimate of drug-likeness (QED) is 0.906. The van der Waals surface area contributed by atoms with E-state index in [-0.39, 0.29) is 11.3 Å². The first-order chi connectivity index (χ1) is 9.01. The highest BCUT2D eigenvalue weighted by atomic mass is 16.5. The average molecular weight is 259 g/mol. The van der Waals surface area contributed by atoms with E-state index in [0.29, 0.717) is 11.7 Å². The van der Waals surface area contributed by atoms with Gasteiger partial charge in [-0.2, -0.15) is 4.98 Å². The van der Waals surface area contributed by atoms with Crippen LogP contribution < -0.4 is 0 Å². The Morgan fingerprint density at radius 3 is 2.63 bits per heavy atom. The Morgan fingerprint density at radius 1 is 1.37 bits per heavy atom. The molecule has 0 spiro atoms. The molecule has 0 saturated heterocycles. The van der Waals surface area contributed by atoms with Gasteiger partial charge in [0.05, 0.1) is 11.8 Å². The molecule has 2 heterocycles. The maximum atomic E-state index is 11.1. The third-order valence-corrected chi connectivity index (χ3v) is 3.74. The summed E-state index contributed by atoms with van der Waals surface area (Å²) >= 11 is 0. The lowest BCUT2D eigenvalue weighted by Crippen LogP contribution is -2.03. The van der Waals surface area contributed by atoms with Crippen molar-refractivity contribution in [2.24, 2.45) is 11.3 Å². The Morgan fingerprint density at radius 2 is 2.05 bits per heavy atom. The third-order valence-electron chi connectivity index (χ3n) is 3.74. The van der Waals surface area contributed by atoms with E-state index in [4.69, 9.17) is 9.63 Å². The SMILES string of the molecule is CC1(C)[C@H](C(=O)O)[C@H]1c1nc(-c2ccncc2)no1. The second-order valence-corrected chi connectivity index (χ2v) is 5.31. The van der Waals surface area contributed by atoms with Crippen LogP contribution in [0.4, 0.5) is 0 Å². The van der Waals surface area contributed by atoms with Crippen molar-refractivity contribution in [3.8, 4) is 11.4 Å². The molecule has 2 atom stereocenters. The van der Waals surface area contributed by atoms with Crippen molar-refractivity contribution in [1.82, 2.24) is 15.1 Å². The predicted molar refractivity (Wildman–Crippen MR) is 65.2 cm³/mol. The lowest BCUT2D eigenvalue weighted by Gasteiger charge is -1.96. The normalized spacial score (nSPS) is 24.1. The van der Waals surface area contributed by atoms with Gasteiger partial charge in [0, 0.05) is 18.0 Å². The van der Waals surface area contributed by atoms with Crippen molar-refractivity contribution in [2.45, 2.75) is 19.8 Å². The minimum absolute atomic E-state index is 0.215. The lowest BCUT2D eigenvalue weighted by atomic mass is 10.1. The van der Waals surface area contributed by atoms with E-state index in [1.54, 1.807) is 24.5 Å². The smallest absolute Gasteiger partial charge is 0.307 e. The van der Waals surface area contributed by atoms with E-state index >= 15 is 0 Å². The second kappa shape index (κ2) is 3.88. The number of nitrogens with zero attached hydrogens (tertiary/aromatic N) is 3. The highest BCUT2D eigenvalue weighted by Gasteiger charge is 2.65. The number of pyridine rings is 1. The first-order valence-electron chi connectivity index (χ1n) is 5.98. The number of aliphatic carboxylic acids is 1. The molecule has 2 aromatic heterocycles. The number of carboxylic acid groups (broad SMARTS) is 1. The summed E-state index contributed by atoms with van der Waals surface area (Å²) in [6.07, 6.45) is 3.29. The molecule has 2 aromatic rings. The van der Waals surface area contributed by atoms with E-state index in [2.05, 4.69) is 15.1 Å². The molecule has 3 rings (SSSR count). The largest absolute Gasteiger partial charge is 0.481 e. The number of aromatic nitrogens is 3. The molecule has 6 nitrogen and oxygen atoms in total. The average Bonchev–Trinajstić information content (AvgIpc) is 2.76. The standard InChI is InChI=1S/C13H13N3O3/c1-13(2)8(9(13)12(17)18)11-15-10(16-19-11)7-3-5-14-6-4-7/h3-6,8-9H,1-2H3,(H,17,18)/t8-,9-/m0/s1. The number of hydrogen-bond donors (Lipinski definition) is 1. The van der Waals surface area contributed by atoms with Crippen LogP contribution in [-0.4, -0.2) is 26.2 Å². The first kappa shape index (κ1) is 11.8. The Labute approximate surface area is 109 Å². The van der Waals surface area contributed by atoms with Crippen LogP contribution >= 0.6 is 0 Å². The fourth-order valence-corrected chi connectivity index (χ4v) is 2.54. The molecule has 1 fully saturated rings. The fourth-order valence-electron chi connectivity index (χ4n) is 2.54. The molecule has 0 bridgehead atoms. The fraction of sp³-hybridized carbons (Fsp3) is 0.385. The van der Waals surface area contributed by atoms with Crippen LogP contribution in [0.1, 0.15) is 25.7 Å². The van der Waals surface area contributed by atoms with Crippen molar-refractivity contribution in [1.29, 1.82) is 0 Å². The molecular weight excluding hydrogens is 246 g/mol. The summed E-state index contributed by atoms with van der Waals surface area (Å²) < 4.78 is 5.21. The molecule has 19 heavy (non-hydrogen) atoms. The van der Waals surface area contributed by atoms with Crippen molar-refractivity contribution in [2.75, 3.05) is 0 Å². The summed E-state index contributed by atoms with van der Waals surface area (Å²) in [5, 5.41) is 13.0. The highest BCUT2D eigenvalue weighted by molar-refractivity contribution is 5.77. The zero-order valence-electron chi connectivity index (χ0n) is 10.6. The van der Waals surface area contributed by atoms with Crippen molar-refractivity contribution in [3.05, 3.63) is 30.4 Å². The van der Waals surface area contributed by atoms with Gasteiger partial charge < -0.3 is 9.63 Å². The number of rotatable bonds is 3. The highest BCUT2D eigenvalue weighted by Crippen LogP contribution is 2.64. The third kappa shape index (κ3) is 1.80. The Kier molecular flexibility index (Phi) is 2.41. The maximum absolute atomic E-state index is 11.1. The molecule has 0 amide bonds. The van der Waals surface area contributed by atoms with Gasteiger partial charge in [-0.3, -0.25) is 9.78 Å². The summed E-state index contributed by atoms with van der Waals surface area (Å²) in [5.74, 6) is -0.640. The van der Waals surface area contributed by atoms with Gasteiger partial charge in [-0.25, -0.2) is 0 Å². The molecule has 0 radical (unpaired) electrons. The van der Waals surface area contributed by atoms with E-state index in [0.717, 1.165) is 5.56 Å².